The van der Waals surface area contributed by atoms with E-state index in [1.807, 2.05) is 0 Å². The lowest BCUT2D eigenvalue weighted by atomic mass is 9.95. The lowest BCUT2D eigenvalue weighted by Gasteiger charge is -2.25. The standard InChI is InChI=1S/C11H15N5O4/c1-11(19)6(3-17)20-10(8(11)18)16-4-13-7-5(12)2-14-15-9(7)16/h2,4,6,8,10,17-19H,3H2,1H3,(H2,12,15)/t6-,8+,10-,11+/m1/s1. The van der Waals surface area contributed by atoms with E-state index in [1.54, 1.807) is 0 Å². The summed E-state index contributed by atoms with van der Waals surface area (Å²) in [6.45, 7) is 0.985. The molecule has 2 aromatic rings. The van der Waals surface area contributed by atoms with Crippen LogP contribution < -0.4 is 5.73 Å². The van der Waals surface area contributed by atoms with Crippen molar-refractivity contribution in [3.05, 3.63) is 12.5 Å². The normalized spacial score (nSPS) is 33.9. The fraction of sp³-hybridized carbons (Fsp3) is 0.545. The van der Waals surface area contributed by atoms with Gasteiger partial charge in [0.15, 0.2) is 11.9 Å². The van der Waals surface area contributed by atoms with Crippen molar-refractivity contribution in [2.24, 2.45) is 0 Å². The molecule has 5 N–H and O–H groups in total. The second-order valence-corrected chi connectivity index (χ2v) is 4.99. The number of fused-ring (bicyclic) bond motifs is 1. The van der Waals surface area contributed by atoms with Crippen molar-refractivity contribution < 1.29 is 20.1 Å². The summed E-state index contributed by atoms with van der Waals surface area (Å²) in [5, 5.41) is 37.3. The molecule has 4 atom stereocenters. The van der Waals surface area contributed by atoms with Crippen LogP contribution in [0.3, 0.4) is 0 Å². The molecule has 0 radical (unpaired) electrons. The first kappa shape index (κ1) is 13.2. The van der Waals surface area contributed by atoms with Crippen LogP contribution in [0.25, 0.3) is 11.2 Å². The van der Waals surface area contributed by atoms with E-state index in [0.717, 1.165) is 0 Å². The van der Waals surface area contributed by atoms with Crippen molar-refractivity contribution in [2.45, 2.75) is 31.0 Å². The predicted octanol–water partition coefficient (Wildman–Crippen LogP) is -1.59. The largest absolute Gasteiger partial charge is 0.396 e. The Morgan fingerprint density at radius 2 is 2.30 bits per heavy atom. The average Bonchev–Trinajstić information content (AvgIpc) is 2.92. The summed E-state index contributed by atoms with van der Waals surface area (Å²) in [4.78, 5) is 4.10. The SMILES string of the molecule is C[C@]1(O)[C@@H](CO)O[C@@H](n2cnc3c(N)cnnc32)[C@@H]1O. The summed E-state index contributed by atoms with van der Waals surface area (Å²) < 4.78 is 6.93. The van der Waals surface area contributed by atoms with Crippen molar-refractivity contribution >= 4 is 16.9 Å². The number of imidazole rings is 1. The van der Waals surface area contributed by atoms with Gasteiger partial charge in [-0.25, -0.2) is 4.98 Å². The number of rotatable bonds is 2. The summed E-state index contributed by atoms with van der Waals surface area (Å²) >= 11 is 0. The zero-order valence-corrected chi connectivity index (χ0v) is 10.7. The van der Waals surface area contributed by atoms with E-state index in [1.165, 1.54) is 24.0 Å². The third-order valence-electron chi connectivity index (χ3n) is 3.65. The second kappa shape index (κ2) is 4.35. The van der Waals surface area contributed by atoms with Gasteiger partial charge in [-0.05, 0) is 6.92 Å². The summed E-state index contributed by atoms with van der Waals surface area (Å²) in [7, 11) is 0. The molecular weight excluding hydrogens is 266 g/mol. The first-order valence-corrected chi connectivity index (χ1v) is 6.07. The van der Waals surface area contributed by atoms with Crippen molar-refractivity contribution in [3.8, 4) is 0 Å². The quantitative estimate of drug-likeness (QED) is 0.516. The number of hydrogen-bond donors (Lipinski definition) is 4. The first-order chi connectivity index (χ1) is 9.46. The molecule has 0 unspecified atom stereocenters. The number of hydrogen-bond acceptors (Lipinski definition) is 8. The molecule has 1 fully saturated rings. The number of nitrogen functional groups attached to an aromatic ring is 1. The van der Waals surface area contributed by atoms with Crippen LogP contribution in [0.5, 0.6) is 0 Å². The molecule has 0 saturated carbocycles. The van der Waals surface area contributed by atoms with Crippen LogP contribution >= 0.6 is 0 Å². The van der Waals surface area contributed by atoms with E-state index >= 15 is 0 Å². The minimum atomic E-state index is -1.58. The van der Waals surface area contributed by atoms with Crippen molar-refractivity contribution in [2.75, 3.05) is 12.3 Å². The van der Waals surface area contributed by atoms with Gasteiger partial charge >= 0.3 is 0 Å². The van der Waals surface area contributed by atoms with Gasteiger partial charge in [0, 0.05) is 0 Å². The van der Waals surface area contributed by atoms with E-state index in [2.05, 4.69) is 15.2 Å². The van der Waals surface area contributed by atoms with Crippen LogP contribution in [0.1, 0.15) is 13.2 Å². The predicted molar refractivity (Wildman–Crippen MR) is 67.4 cm³/mol. The lowest BCUT2D eigenvalue weighted by Crippen LogP contribution is -2.46. The smallest absolute Gasteiger partial charge is 0.186 e. The highest BCUT2D eigenvalue weighted by molar-refractivity contribution is 5.82. The molecule has 20 heavy (non-hydrogen) atoms. The molecular formula is C11H15N5O4. The van der Waals surface area contributed by atoms with Crippen LogP contribution in [0, 0.1) is 0 Å². The van der Waals surface area contributed by atoms with Gasteiger partial charge in [0.25, 0.3) is 0 Å². The van der Waals surface area contributed by atoms with Gasteiger partial charge in [-0.1, -0.05) is 0 Å². The highest BCUT2D eigenvalue weighted by Gasteiger charge is 2.52. The maximum Gasteiger partial charge on any atom is 0.186 e. The summed E-state index contributed by atoms with van der Waals surface area (Å²) in [6, 6.07) is 0. The zero-order valence-electron chi connectivity index (χ0n) is 10.7. The first-order valence-electron chi connectivity index (χ1n) is 6.07. The molecule has 1 aliphatic heterocycles. The molecule has 1 aliphatic rings. The molecule has 9 heteroatoms. The number of aliphatic hydroxyl groups excluding tert-OH is 2. The van der Waals surface area contributed by atoms with Gasteiger partial charge in [0.2, 0.25) is 0 Å². The minimum Gasteiger partial charge on any atom is -0.396 e. The molecule has 9 nitrogen and oxygen atoms in total. The molecule has 3 heterocycles. The van der Waals surface area contributed by atoms with E-state index in [9.17, 15) is 15.3 Å². The lowest BCUT2D eigenvalue weighted by molar-refractivity contribution is -0.0804. The second-order valence-electron chi connectivity index (χ2n) is 4.99. The maximum atomic E-state index is 10.2. The Kier molecular flexibility index (Phi) is 2.87. The molecule has 0 amide bonds. The Hall–Kier alpha value is -1.81. The van der Waals surface area contributed by atoms with Crippen molar-refractivity contribution in [1.29, 1.82) is 0 Å². The van der Waals surface area contributed by atoms with Gasteiger partial charge in [-0.2, -0.15) is 5.10 Å². The number of aromatic nitrogens is 4. The third kappa shape index (κ3) is 1.68. The van der Waals surface area contributed by atoms with E-state index < -0.39 is 30.6 Å². The van der Waals surface area contributed by atoms with Gasteiger partial charge in [-0.15, -0.1) is 5.10 Å². The third-order valence-corrected chi connectivity index (χ3v) is 3.65. The van der Waals surface area contributed by atoms with Crippen molar-refractivity contribution in [3.63, 3.8) is 0 Å². The van der Waals surface area contributed by atoms with Crippen molar-refractivity contribution in [1.82, 2.24) is 19.7 Å². The van der Waals surface area contributed by atoms with E-state index in [0.29, 0.717) is 16.9 Å². The molecule has 1 saturated heterocycles. The average molecular weight is 281 g/mol. The summed E-state index contributed by atoms with van der Waals surface area (Å²) in [5.74, 6) is 0. The van der Waals surface area contributed by atoms with Gasteiger partial charge in [0.1, 0.15) is 23.3 Å². The van der Waals surface area contributed by atoms with E-state index in [4.69, 9.17) is 10.5 Å². The number of nitrogens with zero attached hydrogens (tertiary/aromatic N) is 4. The number of nitrogens with two attached hydrogens (primary N) is 1. The zero-order chi connectivity index (χ0) is 14.5. The van der Waals surface area contributed by atoms with Crippen LogP contribution in [-0.4, -0.2) is 59.5 Å². The Bertz CT molecular complexity index is 643. The van der Waals surface area contributed by atoms with Gasteiger partial charge < -0.3 is 25.8 Å². The molecule has 0 aromatic carbocycles. The molecule has 108 valence electrons. The van der Waals surface area contributed by atoms with Crippen LogP contribution in [-0.2, 0) is 4.74 Å². The van der Waals surface area contributed by atoms with Gasteiger partial charge in [0.05, 0.1) is 24.8 Å². The Balaban J connectivity index is 2.06. The maximum absolute atomic E-state index is 10.2. The molecule has 2 aromatic heterocycles. The molecule has 3 rings (SSSR count). The monoisotopic (exact) mass is 281 g/mol. The number of anilines is 1. The van der Waals surface area contributed by atoms with E-state index in [-0.39, 0.29) is 0 Å². The fourth-order valence-corrected chi connectivity index (χ4v) is 2.36. The summed E-state index contributed by atoms with van der Waals surface area (Å²) in [5.41, 5.74) is 5.28. The summed E-state index contributed by atoms with van der Waals surface area (Å²) in [6.07, 6.45) is -0.310. The minimum absolute atomic E-state index is 0.337. The number of aliphatic hydroxyl groups is 3. The highest BCUT2D eigenvalue weighted by Crippen LogP contribution is 2.38. The van der Waals surface area contributed by atoms with Crippen LogP contribution in [0.2, 0.25) is 0 Å². The van der Waals surface area contributed by atoms with Gasteiger partial charge in [-0.3, -0.25) is 4.57 Å². The van der Waals surface area contributed by atoms with Crippen LogP contribution in [0.15, 0.2) is 12.5 Å². The molecule has 0 spiro atoms. The molecule has 0 bridgehead atoms. The van der Waals surface area contributed by atoms with Crippen LogP contribution in [0.4, 0.5) is 5.69 Å². The highest BCUT2D eigenvalue weighted by atomic mass is 16.6. The molecule has 0 aliphatic carbocycles. The Morgan fingerprint density at radius 1 is 1.55 bits per heavy atom. The Morgan fingerprint density at radius 3 is 2.95 bits per heavy atom. The number of ether oxygens (including phenoxy) is 1. The fourth-order valence-electron chi connectivity index (χ4n) is 2.36. The topological polar surface area (TPSA) is 140 Å². The Labute approximate surface area is 113 Å².